The van der Waals surface area contributed by atoms with Crippen molar-refractivity contribution in [3.63, 3.8) is 0 Å². The summed E-state index contributed by atoms with van der Waals surface area (Å²) in [5, 5.41) is 3.61. The summed E-state index contributed by atoms with van der Waals surface area (Å²) in [7, 11) is 0. The molecule has 106 valence electrons. The van der Waals surface area contributed by atoms with Gasteiger partial charge in [-0.15, -0.1) is 11.3 Å². The van der Waals surface area contributed by atoms with Crippen LogP contribution in [0.15, 0.2) is 12.1 Å². The molecule has 1 aromatic heterocycles. The van der Waals surface area contributed by atoms with E-state index >= 15 is 0 Å². The van der Waals surface area contributed by atoms with Gasteiger partial charge >= 0.3 is 0 Å². The Bertz CT molecular complexity index is 397. The third kappa shape index (κ3) is 3.80. The smallest absolute Gasteiger partial charge is 0.0330 e. The van der Waals surface area contributed by atoms with Crippen LogP contribution in [0.3, 0.4) is 0 Å². The van der Waals surface area contributed by atoms with Gasteiger partial charge in [-0.1, -0.05) is 13.3 Å². The average molecular weight is 278 g/mol. The number of thiophene rings is 1. The SMILES string of the molecule is CCC1CCCCN1Cc1ccc(CNC2CC2)s1. The maximum Gasteiger partial charge on any atom is 0.0330 e. The monoisotopic (exact) mass is 278 g/mol. The molecule has 2 aliphatic rings. The van der Waals surface area contributed by atoms with Crippen LogP contribution in [0.1, 0.15) is 55.2 Å². The molecule has 1 aromatic rings. The first-order valence-corrected chi connectivity index (χ1v) is 8.72. The number of hydrogen-bond donors (Lipinski definition) is 1. The summed E-state index contributed by atoms with van der Waals surface area (Å²) in [5.74, 6) is 0. The summed E-state index contributed by atoms with van der Waals surface area (Å²) in [5.41, 5.74) is 0. The van der Waals surface area contributed by atoms with Crippen molar-refractivity contribution in [2.45, 2.75) is 70.6 Å². The molecule has 0 bridgehead atoms. The first kappa shape index (κ1) is 13.6. The van der Waals surface area contributed by atoms with Gasteiger partial charge in [-0.2, -0.15) is 0 Å². The van der Waals surface area contributed by atoms with Crippen molar-refractivity contribution in [3.05, 3.63) is 21.9 Å². The lowest BCUT2D eigenvalue weighted by atomic mass is 10.00. The summed E-state index contributed by atoms with van der Waals surface area (Å²) in [6.45, 7) is 5.88. The molecule has 0 aromatic carbocycles. The van der Waals surface area contributed by atoms with Crippen LogP contribution in [0.25, 0.3) is 0 Å². The van der Waals surface area contributed by atoms with Gasteiger partial charge in [0.2, 0.25) is 0 Å². The van der Waals surface area contributed by atoms with Gasteiger partial charge in [-0.25, -0.2) is 0 Å². The molecule has 1 unspecified atom stereocenters. The van der Waals surface area contributed by atoms with Gasteiger partial charge in [0.25, 0.3) is 0 Å². The third-order valence-electron chi connectivity index (χ3n) is 4.44. The molecule has 3 heteroatoms. The minimum Gasteiger partial charge on any atom is -0.309 e. The molecule has 1 aliphatic carbocycles. The first-order chi connectivity index (χ1) is 9.35. The molecule has 0 radical (unpaired) electrons. The molecule has 3 rings (SSSR count). The Morgan fingerprint density at radius 1 is 1.21 bits per heavy atom. The Labute approximate surface area is 121 Å². The molecule has 2 fully saturated rings. The van der Waals surface area contributed by atoms with Gasteiger partial charge in [0.05, 0.1) is 0 Å². The summed E-state index contributed by atoms with van der Waals surface area (Å²) in [6, 6.07) is 6.30. The molecule has 2 nitrogen and oxygen atoms in total. The molecule has 0 amide bonds. The highest BCUT2D eigenvalue weighted by Crippen LogP contribution is 2.26. The normalized spacial score (nSPS) is 24.8. The maximum atomic E-state index is 3.61. The Morgan fingerprint density at radius 2 is 2.05 bits per heavy atom. The molecule has 1 N–H and O–H groups in total. The van der Waals surface area contributed by atoms with Crippen molar-refractivity contribution in [2.24, 2.45) is 0 Å². The number of nitrogens with zero attached hydrogens (tertiary/aromatic N) is 1. The zero-order valence-electron chi connectivity index (χ0n) is 12.0. The fourth-order valence-corrected chi connectivity index (χ4v) is 4.06. The summed E-state index contributed by atoms with van der Waals surface area (Å²) < 4.78 is 0. The minimum atomic E-state index is 0.817. The highest BCUT2D eigenvalue weighted by molar-refractivity contribution is 7.11. The topological polar surface area (TPSA) is 15.3 Å². The van der Waals surface area contributed by atoms with E-state index < -0.39 is 0 Å². The maximum absolute atomic E-state index is 3.61. The largest absolute Gasteiger partial charge is 0.309 e. The lowest BCUT2D eigenvalue weighted by Gasteiger charge is -2.34. The van der Waals surface area contributed by atoms with E-state index in [0.29, 0.717) is 0 Å². The lowest BCUT2D eigenvalue weighted by Crippen LogP contribution is -2.38. The molecular weight excluding hydrogens is 252 g/mol. The van der Waals surface area contributed by atoms with Gasteiger partial charge in [-0.05, 0) is 50.8 Å². The molecule has 1 aliphatic heterocycles. The van der Waals surface area contributed by atoms with Crippen molar-refractivity contribution in [1.29, 1.82) is 0 Å². The summed E-state index contributed by atoms with van der Waals surface area (Å²) in [4.78, 5) is 5.76. The fraction of sp³-hybridized carbons (Fsp3) is 0.750. The zero-order valence-corrected chi connectivity index (χ0v) is 12.8. The van der Waals surface area contributed by atoms with Gasteiger partial charge in [-0.3, -0.25) is 4.90 Å². The number of likely N-dealkylation sites (tertiary alicyclic amines) is 1. The molecule has 19 heavy (non-hydrogen) atoms. The second-order valence-corrected chi connectivity index (χ2v) is 7.30. The van der Waals surface area contributed by atoms with Gasteiger partial charge in [0.15, 0.2) is 0 Å². The Morgan fingerprint density at radius 3 is 2.84 bits per heavy atom. The van der Waals surface area contributed by atoms with Crippen LogP contribution in [0.4, 0.5) is 0 Å². The summed E-state index contributed by atoms with van der Waals surface area (Å²) in [6.07, 6.45) is 8.28. The van der Waals surface area contributed by atoms with Crippen molar-refractivity contribution >= 4 is 11.3 Å². The van der Waals surface area contributed by atoms with E-state index in [4.69, 9.17) is 0 Å². The van der Waals surface area contributed by atoms with Crippen molar-refractivity contribution < 1.29 is 0 Å². The quantitative estimate of drug-likeness (QED) is 0.852. The predicted octanol–water partition coefficient (Wildman–Crippen LogP) is 3.76. The van der Waals surface area contributed by atoms with Crippen LogP contribution in [-0.4, -0.2) is 23.5 Å². The molecule has 1 atom stereocenters. The van der Waals surface area contributed by atoms with E-state index in [1.165, 1.54) is 56.5 Å². The highest BCUT2D eigenvalue weighted by atomic mass is 32.1. The molecule has 1 saturated heterocycles. The van der Waals surface area contributed by atoms with Crippen molar-refractivity contribution in [3.8, 4) is 0 Å². The fourth-order valence-electron chi connectivity index (χ4n) is 3.07. The number of nitrogens with one attached hydrogen (secondary N) is 1. The molecule has 2 heterocycles. The van der Waals surface area contributed by atoms with E-state index in [-0.39, 0.29) is 0 Å². The Kier molecular flexibility index (Phi) is 4.57. The van der Waals surface area contributed by atoms with Crippen LogP contribution < -0.4 is 5.32 Å². The van der Waals surface area contributed by atoms with Crippen LogP contribution in [0.2, 0.25) is 0 Å². The second-order valence-electron chi connectivity index (χ2n) is 6.05. The standard InChI is InChI=1S/C16H26N2S/c1-2-14-5-3-4-10-18(14)12-16-9-8-15(19-16)11-17-13-6-7-13/h8-9,13-14,17H,2-7,10-12H2,1H3. The van der Waals surface area contributed by atoms with Crippen LogP contribution in [0.5, 0.6) is 0 Å². The second kappa shape index (κ2) is 6.38. The highest BCUT2D eigenvalue weighted by Gasteiger charge is 2.22. The van der Waals surface area contributed by atoms with E-state index in [1.54, 1.807) is 4.88 Å². The van der Waals surface area contributed by atoms with Crippen LogP contribution in [-0.2, 0) is 13.1 Å². The van der Waals surface area contributed by atoms with Gasteiger partial charge in [0.1, 0.15) is 0 Å². The Hall–Kier alpha value is -0.380. The van der Waals surface area contributed by atoms with E-state index in [2.05, 4.69) is 29.3 Å². The van der Waals surface area contributed by atoms with E-state index in [9.17, 15) is 0 Å². The van der Waals surface area contributed by atoms with Crippen LogP contribution >= 0.6 is 11.3 Å². The van der Waals surface area contributed by atoms with E-state index in [1.807, 2.05) is 11.3 Å². The van der Waals surface area contributed by atoms with Crippen LogP contribution in [0, 0.1) is 0 Å². The number of piperidine rings is 1. The van der Waals surface area contributed by atoms with E-state index in [0.717, 1.165) is 18.6 Å². The third-order valence-corrected chi connectivity index (χ3v) is 5.51. The first-order valence-electron chi connectivity index (χ1n) is 7.90. The predicted molar refractivity (Wildman–Crippen MR) is 82.5 cm³/mol. The molecule has 1 saturated carbocycles. The minimum absolute atomic E-state index is 0.817. The number of hydrogen-bond acceptors (Lipinski definition) is 3. The zero-order chi connectivity index (χ0) is 13.1. The van der Waals surface area contributed by atoms with Crippen molar-refractivity contribution in [1.82, 2.24) is 10.2 Å². The van der Waals surface area contributed by atoms with Gasteiger partial charge in [0, 0.05) is 34.9 Å². The van der Waals surface area contributed by atoms with Crippen molar-refractivity contribution in [2.75, 3.05) is 6.54 Å². The lowest BCUT2D eigenvalue weighted by molar-refractivity contribution is 0.137. The average Bonchev–Trinajstić information content (AvgIpc) is 3.17. The molecule has 0 spiro atoms. The van der Waals surface area contributed by atoms with Gasteiger partial charge < -0.3 is 5.32 Å². The summed E-state index contributed by atoms with van der Waals surface area (Å²) >= 11 is 2.00. The number of rotatable bonds is 6. The molecular formula is C16H26N2S. The Balaban J connectivity index is 1.52.